The Bertz CT molecular complexity index is 69.3. The van der Waals surface area contributed by atoms with Gasteiger partial charge in [-0.2, -0.15) is 0 Å². The van der Waals surface area contributed by atoms with Crippen molar-refractivity contribution in [2.45, 2.75) is 6.92 Å². The highest BCUT2D eigenvalue weighted by Gasteiger charge is 1.61. The molecule has 0 aromatic rings. The van der Waals surface area contributed by atoms with Gasteiger partial charge in [-0.05, 0) is 6.92 Å². The van der Waals surface area contributed by atoms with E-state index < -0.39 is 0 Å². The summed E-state index contributed by atoms with van der Waals surface area (Å²) in [6.07, 6.45) is 1.75. The van der Waals surface area contributed by atoms with Crippen LogP contribution in [0.1, 0.15) is 6.92 Å². The third-order valence-electron chi connectivity index (χ3n) is 0.0714. The van der Waals surface area contributed by atoms with Crippen LogP contribution in [0.2, 0.25) is 0 Å². The summed E-state index contributed by atoms with van der Waals surface area (Å²) in [4.78, 5) is 0. The molecule has 0 nitrogen and oxygen atoms in total. The molecule has 0 aromatic heterocycles. The van der Waals surface area contributed by atoms with E-state index in [0.717, 1.165) is 0 Å². The first-order chi connectivity index (χ1) is 4.74. The molecule has 0 aliphatic rings. The summed E-state index contributed by atoms with van der Waals surface area (Å²) in [6.45, 7) is 11.5. The zero-order chi connectivity index (χ0) is 8.83. The number of rotatable bonds is 1. The molecule has 0 saturated carbocycles. The summed E-state index contributed by atoms with van der Waals surface area (Å²) in [5.41, 5.74) is 2.25. The highest BCUT2D eigenvalue weighted by Crippen LogP contribution is 1.75. The van der Waals surface area contributed by atoms with Crippen molar-refractivity contribution >= 4 is 23.2 Å². The van der Waals surface area contributed by atoms with Crippen molar-refractivity contribution in [2.75, 3.05) is 11.8 Å². The Balaban J connectivity index is -0.0000000750. The van der Waals surface area contributed by atoms with Crippen LogP contribution in [0.3, 0.4) is 0 Å². The highest BCUT2D eigenvalue weighted by molar-refractivity contribution is 6.25. The first-order valence-corrected chi connectivity index (χ1v) is 3.80. The number of allylic oxidation sites excluding steroid dienone is 1. The van der Waals surface area contributed by atoms with Crippen molar-refractivity contribution < 1.29 is 0 Å². The van der Waals surface area contributed by atoms with Gasteiger partial charge < -0.3 is 0 Å². The van der Waals surface area contributed by atoms with Crippen LogP contribution in [-0.2, 0) is 0 Å². The Morgan fingerprint density at radius 1 is 1.30 bits per heavy atom. The van der Waals surface area contributed by atoms with Crippen molar-refractivity contribution in [1.29, 1.82) is 0 Å². The molecule has 0 radical (unpaired) electrons. The third kappa shape index (κ3) is 520. The van der Waals surface area contributed by atoms with Crippen molar-refractivity contribution in [3.63, 3.8) is 0 Å². The van der Waals surface area contributed by atoms with Gasteiger partial charge in [0.15, 0.2) is 0 Å². The third-order valence-corrected chi connectivity index (χ3v) is 0.643. The summed E-state index contributed by atoms with van der Waals surface area (Å²) in [7, 11) is 0. The topological polar surface area (TPSA) is 0 Å². The number of hydrogen-bond acceptors (Lipinski definition) is 0. The van der Waals surface area contributed by atoms with Crippen LogP contribution in [-0.4, -0.2) is 11.8 Å². The first-order valence-electron chi connectivity index (χ1n) is 2.73. The van der Waals surface area contributed by atoms with Crippen LogP contribution in [0.25, 0.3) is 0 Å². The zero-order valence-corrected chi connectivity index (χ0v) is 7.88. The normalized spacial score (nSPS) is 5.10. The van der Waals surface area contributed by atoms with E-state index in [0.29, 0.717) is 11.8 Å². The second-order valence-corrected chi connectivity index (χ2v) is 1.79. The lowest BCUT2D eigenvalue weighted by Crippen LogP contribution is -1.63. The Hall–Kier alpha value is -0.160. The molecule has 0 bridgehead atoms. The minimum atomic E-state index is 0.557. The van der Waals surface area contributed by atoms with E-state index in [1.807, 2.05) is 6.92 Å². The van der Waals surface area contributed by atoms with Crippen LogP contribution < -0.4 is 0 Å². The molecule has 0 fully saturated rings. The smallest absolute Gasteiger partial charge is 0.0359 e. The van der Waals surface area contributed by atoms with Crippen LogP contribution in [0.4, 0.5) is 0 Å². The monoisotopic (exact) mass is 180 g/mol. The lowest BCUT2D eigenvalue weighted by Gasteiger charge is -1.63. The summed E-state index contributed by atoms with van der Waals surface area (Å²) in [5.74, 6) is 1.11. The molecule has 0 aliphatic carbocycles. The second kappa shape index (κ2) is 36.8. The Morgan fingerprint density at radius 3 is 1.40 bits per heavy atom. The standard InChI is InChI=1S/C3H6.C3H4.C2H4Cl2/c2*1-3-2;3-1-2-4/h3H,1H2,2H3;1-2H2;1-2H2. The van der Waals surface area contributed by atoms with Gasteiger partial charge in [0.2, 0.25) is 0 Å². The maximum atomic E-state index is 5.05. The van der Waals surface area contributed by atoms with Gasteiger partial charge >= 0.3 is 0 Å². The van der Waals surface area contributed by atoms with Gasteiger partial charge in [-0.25, -0.2) is 0 Å². The van der Waals surface area contributed by atoms with Crippen LogP contribution in [0.15, 0.2) is 31.5 Å². The molecule has 0 rings (SSSR count). The molecule has 0 heterocycles. The number of halogens is 2. The minimum Gasteiger partial charge on any atom is -0.137 e. The SMILES string of the molecule is C=C=C.C=CC.ClCCCl. The predicted molar refractivity (Wildman–Crippen MR) is 52.1 cm³/mol. The number of alkyl halides is 2. The van der Waals surface area contributed by atoms with Gasteiger partial charge in [-0.3, -0.25) is 0 Å². The maximum absolute atomic E-state index is 5.05. The van der Waals surface area contributed by atoms with Gasteiger partial charge in [0.1, 0.15) is 0 Å². The van der Waals surface area contributed by atoms with Gasteiger partial charge in [-0.1, -0.05) is 19.2 Å². The van der Waals surface area contributed by atoms with Crippen molar-refractivity contribution in [2.24, 2.45) is 0 Å². The lowest BCUT2D eigenvalue weighted by molar-refractivity contribution is 1.52. The molecule has 0 N–H and O–H groups in total. The van der Waals surface area contributed by atoms with Gasteiger partial charge in [0.05, 0.1) is 0 Å². The molecule has 0 atom stereocenters. The fraction of sp³-hybridized carbons (Fsp3) is 0.375. The van der Waals surface area contributed by atoms with E-state index in [2.05, 4.69) is 25.5 Å². The van der Waals surface area contributed by atoms with Crippen molar-refractivity contribution in [3.8, 4) is 0 Å². The van der Waals surface area contributed by atoms with E-state index in [4.69, 9.17) is 23.2 Å². The van der Waals surface area contributed by atoms with Crippen molar-refractivity contribution in [1.82, 2.24) is 0 Å². The minimum absolute atomic E-state index is 0.557. The van der Waals surface area contributed by atoms with E-state index >= 15 is 0 Å². The molecule has 0 aliphatic heterocycles. The molecule has 0 spiro atoms. The molecule has 2 heteroatoms. The predicted octanol–water partition coefficient (Wildman–Crippen LogP) is 3.61. The van der Waals surface area contributed by atoms with E-state index in [-0.39, 0.29) is 0 Å². The molecular weight excluding hydrogens is 167 g/mol. The van der Waals surface area contributed by atoms with E-state index in [1.54, 1.807) is 6.08 Å². The fourth-order valence-electron chi connectivity index (χ4n) is 0. The molecule has 0 amide bonds. The second-order valence-electron chi connectivity index (χ2n) is 1.04. The Morgan fingerprint density at radius 2 is 1.40 bits per heavy atom. The maximum Gasteiger partial charge on any atom is 0.0359 e. The Labute approximate surface area is 73.8 Å². The lowest BCUT2D eigenvalue weighted by atomic mass is 10.8. The van der Waals surface area contributed by atoms with E-state index in [1.165, 1.54) is 0 Å². The van der Waals surface area contributed by atoms with Crippen molar-refractivity contribution in [3.05, 3.63) is 31.5 Å². The molecule has 60 valence electrons. The fourth-order valence-corrected chi connectivity index (χ4v) is 0. The van der Waals surface area contributed by atoms with Gasteiger partial charge in [0.25, 0.3) is 0 Å². The highest BCUT2D eigenvalue weighted by atomic mass is 35.5. The quantitative estimate of drug-likeness (QED) is 0.329. The molecule has 10 heavy (non-hydrogen) atoms. The summed E-state index contributed by atoms with van der Waals surface area (Å²) in [6, 6.07) is 0. The Kier molecular flexibility index (Phi) is 60.6. The summed E-state index contributed by atoms with van der Waals surface area (Å²) >= 11 is 10.1. The largest absolute Gasteiger partial charge is 0.137 e. The average Bonchev–Trinajstić information content (AvgIpc) is 1.91. The zero-order valence-electron chi connectivity index (χ0n) is 6.37. The summed E-state index contributed by atoms with van der Waals surface area (Å²) in [5, 5.41) is 0. The average molecular weight is 181 g/mol. The molecule has 0 aromatic carbocycles. The van der Waals surface area contributed by atoms with Crippen LogP contribution in [0.5, 0.6) is 0 Å². The van der Waals surface area contributed by atoms with Crippen LogP contribution >= 0.6 is 23.2 Å². The van der Waals surface area contributed by atoms with Gasteiger partial charge in [0, 0.05) is 11.8 Å². The van der Waals surface area contributed by atoms with E-state index in [9.17, 15) is 0 Å². The molecule has 0 saturated heterocycles. The van der Waals surface area contributed by atoms with Gasteiger partial charge in [-0.15, -0.1) is 35.5 Å². The molecule has 0 unspecified atom stereocenters. The molecular formula is C8H14Cl2. The number of hydrogen-bond donors (Lipinski definition) is 0. The van der Waals surface area contributed by atoms with Crippen LogP contribution in [0, 0.1) is 0 Å². The first kappa shape index (κ1) is 16.4. The summed E-state index contributed by atoms with van der Waals surface area (Å²) < 4.78 is 0.